The minimum Gasteiger partial charge on any atom is -0.398 e. The third-order valence-electron chi connectivity index (χ3n) is 3.04. The molecule has 1 aliphatic carbocycles. The average Bonchev–Trinajstić information content (AvgIpc) is 3.07. The molecule has 1 aromatic rings. The zero-order chi connectivity index (χ0) is 13.2. The number of benzene rings is 1. The summed E-state index contributed by atoms with van der Waals surface area (Å²) in [6.45, 7) is 0.398. The van der Waals surface area contributed by atoms with Crippen molar-refractivity contribution in [2.45, 2.75) is 30.6 Å². The van der Waals surface area contributed by atoms with Gasteiger partial charge in [-0.05, 0) is 37.0 Å². The van der Waals surface area contributed by atoms with Gasteiger partial charge in [-0.2, -0.15) is 0 Å². The van der Waals surface area contributed by atoms with E-state index in [1.807, 2.05) is 0 Å². The molecule has 1 fully saturated rings. The first-order valence-electron chi connectivity index (χ1n) is 6.04. The topological polar surface area (TPSA) is 72.2 Å². The molecule has 0 unspecified atom stereocenters. The Morgan fingerprint density at radius 1 is 1.39 bits per heavy atom. The lowest BCUT2D eigenvalue weighted by molar-refractivity contribution is 0.572. The second kappa shape index (κ2) is 5.24. The van der Waals surface area contributed by atoms with Crippen LogP contribution < -0.4 is 10.5 Å². The number of nitrogen functional groups attached to an aromatic ring is 1. The monoisotopic (exact) mass is 272 g/mol. The fourth-order valence-electron chi connectivity index (χ4n) is 1.85. The van der Waals surface area contributed by atoms with E-state index in [-0.39, 0.29) is 10.6 Å². The summed E-state index contributed by atoms with van der Waals surface area (Å²) in [6.07, 6.45) is 4.40. The second-order valence-corrected chi connectivity index (χ2v) is 6.40. The molecule has 18 heavy (non-hydrogen) atoms. The normalized spacial score (nSPS) is 15.8. The third-order valence-corrected chi connectivity index (χ3v) is 4.57. The number of nitrogens with two attached hydrogens (primary N) is 1. The lowest BCUT2D eigenvalue weighted by atomic mass is 10.2. The smallest absolute Gasteiger partial charge is 0.242 e. The molecular weight excluding hydrogens is 255 g/mol. The number of rotatable bonds is 6. The highest BCUT2D eigenvalue weighted by atomic mass is 32.2. The lowest BCUT2D eigenvalue weighted by Crippen LogP contribution is -2.25. The van der Waals surface area contributed by atoms with E-state index >= 15 is 0 Å². The molecule has 4 nitrogen and oxygen atoms in total. The Balaban J connectivity index is 1.95. The predicted octanol–water partition coefficient (Wildman–Crippen LogP) is 1.88. The van der Waals surface area contributed by atoms with Crippen molar-refractivity contribution in [1.29, 1.82) is 0 Å². The molecule has 6 heteroatoms. The Kier molecular flexibility index (Phi) is 3.87. The Labute approximate surface area is 106 Å². The van der Waals surface area contributed by atoms with Gasteiger partial charge in [0.2, 0.25) is 10.0 Å². The number of sulfonamides is 1. The Hall–Kier alpha value is -1.14. The summed E-state index contributed by atoms with van der Waals surface area (Å²) in [6, 6.07) is 3.29. The molecule has 100 valence electrons. The number of anilines is 1. The van der Waals surface area contributed by atoms with E-state index in [1.54, 1.807) is 0 Å². The van der Waals surface area contributed by atoms with Crippen LogP contribution in [0.25, 0.3) is 0 Å². The van der Waals surface area contributed by atoms with Crippen molar-refractivity contribution in [3.63, 3.8) is 0 Å². The SMILES string of the molecule is Nc1cc(F)ccc1S(=O)(=O)NCCCC1CC1. The highest BCUT2D eigenvalue weighted by Gasteiger charge is 2.21. The lowest BCUT2D eigenvalue weighted by Gasteiger charge is -2.08. The van der Waals surface area contributed by atoms with Crippen LogP contribution in [0, 0.1) is 11.7 Å². The van der Waals surface area contributed by atoms with Crippen molar-refractivity contribution >= 4 is 15.7 Å². The van der Waals surface area contributed by atoms with Crippen molar-refractivity contribution in [1.82, 2.24) is 4.72 Å². The molecule has 0 amide bonds. The maximum Gasteiger partial charge on any atom is 0.242 e. The molecule has 0 saturated heterocycles. The molecule has 0 aliphatic heterocycles. The first-order chi connectivity index (χ1) is 8.49. The summed E-state index contributed by atoms with van der Waals surface area (Å²) in [5.41, 5.74) is 5.45. The molecule has 1 aromatic carbocycles. The molecule has 3 N–H and O–H groups in total. The van der Waals surface area contributed by atoms with Crippen LogP contribution in [0.1, 0.15) is 25.7 Å². The van der Waals surface area contributed by atoms with Gasteiger partial charge in [-0.15, -0.1) is 0 Å². The summed E-state index contributed by atoms with van der Waals surface area (Å²) in [4.78, 5) is -0.0599. The van der Waals surface area contributed by atoms with E-state index in [2.05, 4.69) is 4.72 Å². The minimum absolute atomic E-state index is 0.0599. The number of hydrogen-bond donors (Lipinski definition) is 2. The van der Waals surface area contributed by atoms with Crippen LogP contribution in [0.15, 0.2) is 23.1 Å². The highest BCUT2D eigenvalue weighted by molar-refractivity contribution is 7.89. The summed E-state index contributed by atoms with van der Waals surface area (Å²) in [5, 5.41) is 0. The van der Waals surface area contributed by atoms with Crippen molar-refractivity contribution in [3.8, 4) is 0 Å². The van der Waals surface area contributed by atoms with Crippen molar-refractivity contribution in [3.05, 3.63) is 24.0 Å². The van der Waals surface area contributed by atoms with Crippen LogP contribution >= 0.6 is 0 Å². The zero-order valence-electron chi connectivity index (χ0n) is 10.0. The fourth-order valence-corrected chi connectivity index (χ4v) is 3.03. The van der Waals surface area contributed by atoms with Gasteiger partial charge < -0.3 is 5.73 Å². The van der Waals surface area contributed by atoms with Gasteiger partial charge in [0, 0.05) is 6.54 Å². The molecule has 0 aromatic heterocycles. The quantitative estimate of drug-likeness (QED) is 0.613. The van der Waals surface area contributed by atoms with E-state index in [9.17, 15) is 12.8 Å². The van der Waals surface area contributed by atoms with E-state index in [4.69, 9.17) is 5.73 Å². The van der Waals surface area contributed by atoms with Gasteiger partial charge in [0.05, 0.1) is 5.69 Å². The van der Waals surface area contributed by atoms with Gasteiger partial charge >= 0.3 is 0 Å². The van der Waals surface area contributed by atoms with Gasteiger partial charge in [-0.25, -0.2) is 17.5 Å². The molecule has 0 atom stereocenters. The average molecular weight is 272 g/mol. The maximum atomic E-state index is 12.8. The van der Waals surface area contributed by atoms with Crippen LogP contribution in [-0.4, -0.2) is 15.0 Å². The third kappa shape index (κ3) is 3.43. The molecule has 1 saturated carbocycles. The van der Waals surface area contributed by atoms with Crippen LogP contribution in [0.5, 0.6) is 0 Å². The van der Waals surface area contributed by atoms with E-state index in [1.165, 1.54) is 18.9 Å². The standard InChI is InChI=1S/C12H17FN2O2S/c13-10-5-6-12(11(14)8-10)18(16,17)15-7-1-2-9-3-4-9/h5-6,8-9,15H,1-4,7,14H2. The molecule has 0 radical (unpaired) electrons. The molecule has 1 aliphatic rings. The van der Waals surface area contributed by atoms with Gasteiger partial charge in [0.1, 0.15) is 10.7 Å². The van der Waals surface area contributed by atoms with Gasteiger partial charge in [0.25, 0.3) is 0 Å². The van der Waals surface area contributed by atoms with E-state index in [0.29, 0.717) is 6.54 Å². The van der Waals surface area contributed by atoms with Crippen molar-refractivity contribution in [2.75, 3.05) is 12.3 Å². The molecular formula is C12H17FN2O2S. The van der Waals surface area contributed by atoms with Crippen molar-refractivity contribution in [2.24, 2.45) is 5.92 Å². The number of halogens is 1. The van der Waals surface area contributed by atoms with E-state index < -0.39 is 15.8 Å². The second-order valence-electron chi connectivity index (χ2n) is 4.67. The van der Waals surface area contributed by atoms with Gasteiger partial charge in [0.15, 0.2) is 0 Å². The van der Waals surface area contributed by atoms with Gasteiger partial charge in [-0.1, -0.05) is 12.8 Å². The van der Waals surface area contributed by atoms with Crippen LogP contribution in [-0.2, 0) is 10.0 Å². The summed E-state index contributed by atoms with van der Waals surface area (Å²) >= 11 is 0. The first kappa shape index (κ1) is 13.3. The Morgan fingerprint density at radius 3 is 2.72 bits per heavy atom. The summed E-state index contributed by atoms with van der Waals surface area (Å²) in [7, 11) is -3.63. The number of nitrogens with one attached hydrogen (secondary N) is 1. The maximum absolute atomic E-state index is 12.8. The molecule has 0 bridgehead atoms. The fraction of sp³-hybridized carbons (Fsp3) is 0.500. The minimum atomic E-state index is -3.63. The van der Waals surface area contributed by atoms with E-state index in [0.717, 1.165) is 30.9 Å². The summed E-state index contributed by atoms with van der Waals surface area (Å²) < 4.78 is 39.2. The molecule has 2 rings (SSSR count). The van der Waals surface area contributed by atoms with Crippen molar-refractivity contribution < 1.29 is 12.8 Å². The predicted molar refractivity (Wildman–Crippen MR) is 68.0 cm³/mol. The van der Waals surface area contributed by atoms with Crippen LogP contribution in [0.3, 0.4) is 0 Å². The van der Waals surface area contributed by atoms with Crippen LogP contribution in [0.4, 0.5) is 10.1 Å². The Bertz CT molecular complexity index is 527. The Morgan fingerprint density at radius 2 is 2.11 bits per heavy atom. The largest absolute Gasteiger partial charge is 0.398 e. The number of hydrogen-bond acceptors (Lipinski definition) is 3. The first-order valence-corrected chi connectivity index (χ1v) is 7.52. The zero-order valence-corrected chi connectivity index (χ0v) is 10.8. The summed E-state index contributed by atoms with van der Waals surface area (Å²) in [5.74, 6) is 0.241. The van der Waals surface area contributed by atoms with Gasteiger partial charge in [-0.3, -0.25) is 0 Å². The molecule has 0 heterocycles. The van der Waals surface area contributed by atoms with Crippen LogP contribution in [0.2, 0.25) is 0 Å². The highest BCUT2D eigenvalue weighted by Crippen LogP contribution is 2.33. The molecule has 0 spiro atoms.